The zero-order valence-corrected chi connectivity index (χ0v) is 10.5. The standard InChI is InChI=1S/C12H14F2N4O2/c13-7-1-3-9(4-2-7)16-17-11(19)10-5-8(14)6-18(10)12(15)20/h1-4,8,10,16H,5-6H2,(H2,15,20)(H,17,19). The fourth-order valence-electron chi connectivity index (χ4n) is 2.03. The van der Waals surface area contributed by atoms with Crippen molar-refractivity contribution in [1.82, 2.24) is 10.3 Å². The molecule has 20 heavy (non-hydrogen) atoms. The van der Waals surface area contributed by atoms with Crippen LogP contribution in [0.25, 0.3) is 0 Å². The maximum absolute atomic E-state index is 13.3. The number of nitrogens with two attached hydrogens (primary N) is 1. The van der Waals surface area contributed by atoms with E-state index in [1.54, 1.807) is 0 Å². The molecular formula is C12H14F2N4O2. The van der Waals surface area contributed by atoms with Gasteiger partial charge in [0.25, 0.3) is 5.91 Å². The van der Waals surface area contributed by atoms with Crippen molar-refractivity contribution in [2.24, 2.45) is 5.73 Å². The van der Waals surface area contributed by atoms with Crippen molar-refractivity contribution in [3.63, 3.8) is 0 Å². The lowest BCUT2D eigenvalue weighted by Crippen LogP contribution is -2.49. The van der Waals surface area contributed by atoms with Crippen LogP contribution < -0.4 is 16.6 Å². The molecule has 1 saturated heterocycles. The van der Waals surface area contributed by atoms with Crippen molar-refractivity contribution < 1.29 is 18.4 Å². The van der Waals surface area contributed by atoms with Crippen LogP contribution in [0.2, 0.25) is 0 Å². The van der Waals surface area contributed by atoms with Gasteiger partial charge in [-0.25, -0.2) is 13.6 Å². The van der Waals surface area contributed by atoms with Crippen molar-refractivity contribution in [1.29, 1.82) is 0 Å². The van der Waals surface area contributed by atoms with E-state index in [4.69, 9.17) is 5.73 Å². The normalized spacial score (nSPS) is 21.6. The Morgan fingerprint density at radius 3 is 2.55 bits per heavy atom. The molecule has 2 rings (SSSR count). The molecule has 2 unspecified atom stereocenters. The first kappa shape index (κ1) is 14.0. The molecule has 6 nitrogen and oxygen atoms in total. The molecule has 0 spiro atoms. The van der Waals surface area contributed by atoms with Crippen LogP contribution in [-0.4, -0.2) is 35.6 Å². The number of carbonyl (C=O) groups is 2. The number of anilines is 1. The van der Waals surface area contributed by atoms with Crippen molar-refractivity contribution in [3.8, 4) is 0 Å². The van der Waals surface area contributed by atoms with E-state index >= 15 is 0 Å². The average molecular weight is 284 g/mol. The molecule has 1 heterocycles. The van der Waals surface area contributed by atoms with Crippen LogP contribution in [0.3, 0.4) is 0 Å². The lowest BCUT2D eigenvalue weighted by molar-refractivity contribution is -0.124. The summed E-state index contributed by atoms with van der Waals surface area (Å²) >= 11 is 0. The molecule has 1 aliphatic rings. The molecule has 1 aliphatic heterocycles. The number of halogens is 2. The van der Waals surface area contributed by atoms with E-state index < -0.39 is 30.0 Å². The minimum Gasteiger partial charge on any atom is -0.351 e. The summed E-state index contributed by atoms with van der Waals surface area (Å²) < 4.78 is 26.0. The van der Waals surface area contributed by atoms with Gasteiger partial charge in [-0.05, 0) is 24.3 Å². The minimum absolute atomic E-state index is 0.0974. The highest BCUT2D eigenvalue weighted by molar-refractivity contribution is 5.88. The van der Waals surface area contributed by atoms with Crippen molar-refractivity contribution >= 4 is 17.6 Å². The van der Waals surface area contributed by atoms with Gasteiger partial charge < -0.3 is 10.6 Å². The average Bonchev–Trinajstić information content (AvgIpc) is 2.80. The molecule has 0 aliphatic carbocycles. The number of likely N-dealkylation sites (tertiary alicyclic amines) is 1. The second-order valence-corrected chi connectivity index (χ2v) is 4.46. The number of benzene rings is 1. The number of nitrogens with one attached hydrogen (secondary N) is 2. The van der Waals surface area contributed by atoms with Crippen molar-refractivity contribution in [2.75, 3.05) is 12.0 Å². The second kappa shape index (κ2) is 5.72. The van der Waals surface area contributed by atoms with Crippen molar-refractivity contribution in [3.05, 3.63) is 30.1 Å². The lowest BCUT2D eigenvalue weighted by atomic mass is 10.2. The van der Waals surface area contributed by atoms with Crippen molar-refractivity contribution in [2.45, 2.75) is 18.6 Å². The maximum Gasteiger partial charge on any atom is 0.315 e. The van der Waals surface area contributed by atoms with Gasteiger partial charge in [0.2, 0.25) is 0 Å². The Bertz CT molecular complexity index is 509. The summed E-state index contributed by atoms with van der Waals surface area (Å²) in [6.45, 7) is -0.191. The topological polar surface area (TPSA) is 87.5 Å². The summed E-state index contributed by atoms with van der Waals surface area (Å²) in [5, 5.41) is 0. The molecule has 0 aromatic heterocycles. The number of nitrogens with zero attached hydrogens (tertiary/aromatic N) is 1. The number of carbonyl (C=O) groups excluding carboxylic acids is 2. The largest absolute Gasteiger partial charge is 0.351 e. The number of hydrogen-bond donors (Lipinski definition) is 3. The third-order valence-electron chi connectivity index (χ3n) is 3.01. The van der Waals surface area contributed by atoms with E-state index in [1.807, 2.05) is 0 Å². The van der Waals surface area contributed by atoms with E-state index in [0.29, 0.717) is 5.69 Å². The van der Waals surface area contributed by atoms with E-state index in [-0.39, 0.29) is 13.0 Å². The minimum atomic E-state index is -1.27. The fraction of sp³-hybridized carbons (Fsp3) is 0.333. The van der Waals surface area contributed by atoms with Gasteiger partial charge in [-0.2, -0.15) is 0 Å². The number of hydrogen-bond acceptors (Lipinski definition) is 3. The first-order valence-corrected chi connectivity index (χ1v) is 5.99. The Labute approximate surface area is 113 Å². The molecule has 1 aromatic rings. The molecule has 0 radical (unpaired) electrons. The summed E-state index contributed by atoms with van der Waals surface area (Å²) in [6, 6.07) is 3.50. The van der Waals surface area contributed by atoms with Gasteiger partial charge in [0.1, 0.15) is 18.0 Å². The van der Waals surface area contributed by atoms with E-state index in [0.717, 1.165) is 4.90 Å². The van der Waals surface area contributed by atoms with Crippen LogP contribution in [0.15, 0.2) is 24.3 Å². The van der Waals surface area contributed by atoms with Crippen LogP contribution in [0.4, 0.5) is 19.3 Å². The Morgan fingerprint density at radius 1 is 1.30 bits per heavy atom. The quantitative estimate of drug-likeness (QED) is 0.716. The molecule has 1 fully saturated rings. The predicted octanol–water partition coefficient (Wildman–Crippen LogP) is 0.760. The summed E-state index contributed by atoms with van der Waals surface area (Å²) in [7, 11) is 0. The third-order valence-corrected chi connectivity index (χ3v) is 3.01. The number of rotatable bonds is 3. The number of urea groups is 1. The monoisotopic (exact) mass is 284 g/mol. The summed E-state index contributed by atoms with van der Waals surface area (Å²) in [6.07, 6.45) is -1.37. The van der Waals surface area contributed by atoms with Crippen LogP contribution in [-0.2, 0) is 4.79 Å². The zero-order chi connectivity index (χ0) is 14.7. The van der Waals surface area contributed by atoms with Gasteiger partial charge in [0.15, 0.2) is 0 Å². The van der Waals surface area contributed by atoms with Gasteiger partial charge in [0, 0.05) is 6.42 Å². The Balaban J connectivity index is 1.94. The highest BCUT2D eigenvalue weighted by Gasteiger charge is 2.38. The molecule has 2 atom stereocenters. The molecule has 1 aromatic carbocycles. The number of amides is 3. The third kappa shape index (κ3) is 3.14. The summed E-state index contributed by atoms with van der Waals surface area (Å²) in [4.78, 5) is 24.0. The lowest BCUT2D eigenvalue weighted by Gasteiger charge is -2.21. The smallest absolute Gasteiger partial charge is 0.315 e. The summed E-state index contributed by atoms with van der Waals surface area (Å²) in [5.74, 6) is -0.980. The molecule has 3 amide bonds. The Kier molecular flexibility index (Phi) is 4.02. The first-order chi connectivity index (χ1) is 9.47. The molecule has 4 N–H and O–H groups in total. The molecule has 0 saturated carbocycles. The highest BCUT2D eigenvalue weighted by Crippen LogP contribution is 2.20. The second-order valence-electron chi connectivity index (χ2n) is 4.46. The van der Waals surface area contributed by atoms with E-state index in [9.17, 15) is 18.4 Å². The number of primary amides is 1. The van der Waals surface area contributed by atoms with Crippen LogP contribution in [0, 0.1) is 5.82 Å². The Morgan fingerprint density at radius 2 is 1.95 bits per heavy atom. The summed E-state index contributed by atoms with van der Waals surface area (Å²) in [5.41, 5.74) is 10.4. The highest BCUT2D eigenvalue weighted by atomic mass is 19.1. The van der Waals surface area contributed by atoms with E-state index in [1.165, 1.54) is 24.3 Å². The number of hydrazine groups is 1. The molecule has 8 heteroatoms. The Hall–Kier alpha value is -2.38. The van der Waals surface area contributed by atoms with Gasteiger partial charge >= 0.3 is 6.03 Å². The maximum atomic E-state index is 13.3. The van der Waals surface area contributed by atoms with Crippen LogP contribution in [0.1, 0.15) is 6.42 Å². The molecular weight excluding hydrogens is 270 g/mol. The van der Waals surface area contributed by atoms with Gasteiger partial charge in [0.05, 0.1) is 12.2 Å². The zero-order valence-electron chi connectivity index (χ0n) is 10.5. The van der Waals surface area contributed by atoms with E-state index in [2.05, 4.69) is 10.9 Å². The van der Waals surface area contributed by atoms with Crippen LogP contribution in [0.5, 0.6) is 0 Å². The van der Waals surface area contributed by atoms with Gasteiger partial charge in [-0.1, -0.05) is 0 Å². The first-order valence-electron chi connectivity index (χ1n) is 5.99. The van der Waals surface area contributed by atoms with Crippen LogP contribution >= 0.6 is 0 Å². The van der Waals surface area contributed by atoms with Gasteiger partial charge in [-0.3, -0.25) is 15.6 Å². The SMILES string of the molecule is NC(=O)N1CC(F)CC1C(=O)NNc1ccc(F)cc1. The fourth-order valence-corrected chi connectivity index (χ4v) is 2.03. The molecule has 108 valence electrons. The predicted molar refractivity (Wildman–Crippen MR) is 67.8 cm³/mol. The number of alkyl halides is 1. The molecule has 0 bridgehead atoms. The van der Waals surface area contributed by atoms with Gasteiger partial charge in [-0.15, -0.1) is 0 Å².